The molecule has 0 atom stereocenters. The lowest BCUT2D eigenvalue weighted by molar-refractivity contribution is -0.0119. The molecular formula is C15H31IO4. The molecule has 122 valence electrons. The molecule has 0 spiro atoms. The second-order valence-corrected chi connectivity index (χ2v) is 5.94. The molecule has 0 aliphatic rings. The van der Waals surface area contributed by atoms with Gasteiger partial charge >= 0.3 is 0 Å². The van der Waals surface area contributed by atoms with Crippen molar-refractivity contribution in [2.24, 2.45) is 0 Å². The van der Waals surface area contributed by atoms with Crippen LogP contribution >= 0.6 is 22.6 Å². The first-order valence-corrected chi connectivity index (χ1v) is 9.20. The minimum Gasteiger partial charge on any atom is -0.379 e. The Kier molecular flexibility index (Phi) is 18.1. The zero-order chi connectivity index (χ0) is 14.9. The minimum absolute atomic E-state index is 0.272. The van der Waals surface area contributed by atoms with Crippen LogP contribution in [0.1, 0.15) is 39.5 Å². The van der Waals surface area contributed by atoms with Gasteiger partial charge in [0.2, 0.25) is 0 Å². The van der Waals surface area contributed by atoms with Crippen LogP contribution in [-0.4, -0.2) is 56.8 Å². The molecule has 0 fully saturated rings. The summed E-state index contributed by atoms with van der Waals surface area (Å²) >= 11 is 2.42. The van der Waals surface area contributed by atoms with Crippen molar-refractivity contribution in [1.82, 2.24) is 0 Å². The molecule has 0 aromatic carbocycles. The maximum atomic E-state index is 5.50. The van der Waals surface area contributed by atoms with Crippen molar-refractivity contribution in [3.8, 4) is 0 Å². The van der Waals surface area contributed by atoms with Crippen LogP contribution in [0.4, 0.5) is 0 Å². The summed E-state index contributed by atoms with van der Waals surface area (Å²) in [6, 6.07) is 0. The fraction of sp³-hybridized carbons (Fsp3) is 1.00. The summed E-state index contributed by atoms with van der Waals surface area (Å²) in [5, 5.41) is 0. The number of hydrogen-bond donors (Lipinski definition) is 0. The largest absolute Gasteiger partial charge is 0.379 e. The van der Waals surface area contributed by atoms with Gasteiger partial charge in [-0.1, -0.05) is 35.4 Å². The summed E-state index contributed by atoms with van der Waals surface area (Å²) in [7, 11) is 0. The highest BCUT2D eigenvalue weighted by molar-refractivity contribution is 14.1. The van der Waals surface area contributed by atoms with Crippen LogP contribution < -0.4 is 0 Å². The van der Waals surface area contributed by atoms with Crippen LogP contribution in [0.3, 0.4) is 0 Å². The van der Waals surface area contributed by atoms with Crippen LogP contribution in [0.2, 0.25) is 0 Å². The van der Waals surface area contributed by atoms with Gasteiger partial charge in [0.1, 0.15) is 0 Å². The fourth-order valence-electron chi connectivity index (χ4n) is 1.54. The van der Waals surface area contributed by atoms with E-state index >= 15 is 0 Å². The van der Waals surface area contributed by atoms with Crippen molar-refractivity contribution in [2.45, 2.75) is 45.6 Å². The zero-order valence-electron chi connectivity index (χ0n) is 13.1. The first kappa shape index (κ1) is 20.6. The summed E-state index contributed by atoms with van der Waals surface area (Å²) in [6.07, 6.45) is 5.35. The summed E-state index contributed by atoms with van der Waals surface area (Å²) in [6.45, 7) is 8.77. The van der Waals surface area contributed by atoms with Crippen molar-refractivity contribution in [3.63, 3.8) is 0 Å². The van der Waals surface area contributed by atoms with Crippen LogP contribution in [0, 0.1) is 0 Å². The minimum atomic E-state index is 0.272. The lowest BCUT2D eigenvalue weighted by Crippen LogP contribution is -2.13. The van der Waals surface area contributed by atoms with E-state index in [9.17, 15) is 0 Å². The molecule has 0 saturated carbocycles. The molecule has 0 bridgehead atoms. The second-order valence-electron chi connectivity index (χ2n) is 4.86. The molecule has 0 rings (SSSR count). The first-order valence-electron chi connectivity index (χ1n) is 7.68. The molecular weight excluding hydrogens is 371 g/mol. The Hall–Kier alpha value is 0.570. The van der Waals surface area contributed by atoms with E-state index in [-0.39, 0.29) is 6.10 Å². The highest BCUT2D eigenvalue weighted by Gasteiger charge is 1.94. The van der Waals surface area contributed by atoms with Gasteiger partial charge in [0.05, 0.1) is 45.7 Å². The maximum Gasteiger partial charge on any atom is 0.0703 e. The fourth-order valence-corrected chi connectivity index (χ4v) is 2.08. The van der Waals surface area contributed by atoms with Crippen LogP contribution in [-0.2, 0) is 18.9 Å². The molecule has 0 aliphatic heterocycles. The predicted molar refractivity (Wildman–Crippen MR) is 90.9 cm³/mol. The Morgan fingerprint density at radius 2 is 1.15 bits per heavy atom. The van der Waals surface area contributed by atoms with Crippen molar-refractivity contribution in [3.05, 3.63) is 0 Å². The molecule has 20 heavy (non-hydrogen) atoms. The van der Waals surface area contributed by atoms with E-state index in [0.717, 1.165) is 13.0 Å². The quantitative estimate of drug-likeness (QED) is 0.225. The lowest BCUT2D eigenvalue weighted by Gasteiger charge is -2.08. The lowest BCUT2D eigenvalue weighted by atomic mass is 10.2. The predicted octanol–water partition coefficient (Wildman–Crippen LogP) is 3.46. The van der Waals surface area contributed by atoms with E-state index in [1.807, 2.05) is 13.8 Å². The van der Waals surface area contributed by atoms with E-state index in [2.05, 4.69) is 22.6 Å². The Labute approximate surface area is 138 Å². The van der Waals surface area contributed by atoms with Crippen molar-refractivity contribution in [1.29, 1.82) is 0 Å². The number of halogens is 1. The molecule has 0 unspecified atom stereocenters. The molecule has 0 amide bonds. The van der Waals surface area contributed by atoms with E-state index < -0.39 is 0 Å². The SMILES string of the molecule is CC(C)OCCOCCOCCOCCCCCCI. The highest BCUT2D eigenvalue weighted by Crippen LogP contribution is 2.02. The Morgan fingerprint density at radius 3 is 1.70 bits per heavy atom. The van der Waals surface area contributed by atoms with Gasteiger partial charge in [0.15, 0.2) is 0 Å². The highest BCUT2D eigenvalue weighted by atomic mass is 127. The third-order valence-electron chi connectivity index (χ3n) is 2.60. The van der Waals surface area contributed by atoms with E-state index in [4.69, 9.17) is 18.9 Å². The summed E-state index contributed by atoms with van der Waals surface area (Å²) in [4.78, 5) is 0. The van der Waals surface area contributed by atoms with Crippen molar-refractivity contribution >= 4 is 22.6 Å². The van der Waals surface area contributed by atoms with Crippen molar-refractivity contribution in [2.75, 3.05) is 50.7 Å². The van der Waals surface area contributed by atoms with Gasteiger partial charge in [-0.05, 0) is 31.1 Å². The smallest absolute Gasteiger partial charge is 0.0703 e. The average Bonchev–Trinajstić information content (AvgIpc) is 2.43. The average molecular weight is 402 g/mol. The number of unbranched alkanes of at least 4 members (excludes halogenated alkanes) is 3. The van der Waals surface area contributed by atoms with Crippen molar-refractivity contribution < 1.29 is 18.9 Å². The topological polar surface area (TPSA) is 36.9 Å². The Balaban J connectivity index is 2.92. The number of hydrogen-bond acceptors (Lipinski definition) is 4. The standard InChI is InChI=1S/C15H31IO4/c1-15(2)20-14-13-19-12-11-18-10-9-17-8-6-4-3-5-7-16/h15H,3-14H2,1-2H3. The normalized spacial score (nSPS) is 11.4. The van der Waals surface area contributed by atoms with E-state index in [1.54, 1.807) is 0 Å². The molecule has 0 aliphatic carbocycles. The second kappa shape index (κ2) is 17.6. The number of rotatable bonds is 16. The molecule has 0 saturated heterocycles. The Bertz CT molecular complexity index is 179. The van der Waals surface area contributed by atoms with Gasteiger partial charge < -0.3 is 18.9 Å². The number of alkyl halides is 1. The summed E-state index contributed by atoms with van der Waals surface area (Å²) in [5.74, 6) is 0. The molecule has 0 heterocycles. The van der Waals surface area contributed by atoms with Gasteiger partial charge in [-0.3, -0.25) is 0 Å². The molecule has 4 nitrogen and oxygen atoms in total. The van der Waals surface area contributed by atoms with Gasteiger partial charge in [-0.25, -0.2) is 0 Å². The van der Waals surface area contributed by atoms with Gasteiger partial charge in [0, 0.05) is 6.61 Å². The molecule has 0 N–H and O–H groups in total. The zero-order valence-corrected chi connectivity index (χ0v) is 15.2. The summed E-state index contributed by atoms with van der Waals surface area (Å²) in [5.41, 5.74) is 0. The third-order valence-corrected chi connectivity index (χ3v) is 3.36. The van der Waals surface area contributed by atoms with Gasteiger partial charge in [-0.15, -0.1) is 0 Å². The maximum absolute atomic E-state index is 5.50. The van der Waals surface area contributed by atoms with Gasteiger partial charge in [-0.2, -0.15) is 0 Å². The Morgan fingerprint density at radius 1 is 0.650 bits per heavy atom. The first-order chi connectivity index (χ1) is 9.77. The van der Waals surface area contributed by atoms with Crippen LogP contribution in [0.5, 0.6) is 0 Å². The van der Waals surface area contributed by atoms with Crippen LogP contribution in [0.15, 0.2) is 0 Å². The van der Waals surface area contributed by atoms with Crippen LogP contribution in [0.25, 0.3) is 0 Å². The summed E-state index contributed by atoms with van der Waals surface area (Å²) < 4.78 is 22.9. The van der Waals surface area contributed by atoms with E-state index in [0.29, 0.717) is 39.6 Å². The molecule has 5 heteroatoms. The number of ether oxygens (including phenoxy) is 4. The molecule has 0 aromatic rings. The molecule has 0 radical (unpaired) electrons. The van der Waals surface area contributed by atoms with E-state index in [1.165, 1.54) is 23.7 Å². The third kappa shape index (κ3) is 18.6. The van der Waals surface area contributed by atoms with Gasteiger partial charge in [0.25, 0.3) is 0 Å². The monoisotopic (exact) mass is 402 g/mol. The molecule has 0 aromatic heterocycles.